The lowest BCUT2D eigenvalue weighted by molar-refractivity contribution is -0.384. The molecule has 3 N–H and O–H groups in total. The van der Waals surface area contributed by atoms with Crippen molar-refractivity contribution in [1.29, 1.82) is 0 Å². The van der Waals surface area contributed by atoms with E-state index in [9.17, 15) is 24.5 Å². The monoisotopic (exact) mass is 399 g/mol. The number of nitrogens with zero attached hydrogens (tertiary/aromatic N) is 3. The van der Waals surface area contributed by atoms with Gasteiger partial charge in [0.05, 0.1) is 35.0 Å². The van der Waals surface area contributed by atoms with Gasteiger partial charge < -0.3 is 15.4 Å². The number of imide groups is 1. The van der Waals surface area contributed by atoms with E-state index in [0.717, 1.165) is 10.6 Å². The molecule has 150 valence electrons. The lowest BCUT2D eigenvalue weighted by atomic mass is 10.1. The summed E-state index contributed by atoms with van der Waals surface area (Å²) >= 11 is 0. The highest BCUT2D eigenvalue weighted by Crippen LogP contribution is 2.34. The zero-order valence-corrected chi connectivity index (χ0v) is 15.4. The van der Waals surface area contributed by atoms with Gasteiger partial charge in [-0.1, -0.05) is 0 Å². The van der Waals surface area contributed by atoms with Gasteiger partial charge in [0.15, 0.2) is 0 Å². The molecule has 0 aliphatic carbocycles. The molecule has 0 bridgehead atoms. The molecule has 1 aromatic heterocycles. The van der Waals surface area contributed by atoms with Crippen molar-refractivity contribution in [3.63, 3.8) is 0 Å². The third kappa shape index (κ3) is 2.91. The van der Waals surface area contributed by atoms with E-state index in [0.29, 0.717) is 43.2 Å². The maximum absolute atomic E-state index is 12.7. The van der Waals surface area contributed by atoms with E-state index in [1.165, 1.54) is 12.1 Å². The smallest absolute Gasteiger partial charge is 0.292 e. The minimum Gasteiger partial charge on any atom is -0.384 e. The number of amides is 2. The number of aryl methyl sites for hydroxylation is 1. The number of aromatic nitrogens is 1. The molecule has 0 atom stereocenters. The number of nitro benzene ring substituents is 1. The lowest BCUT2D eigenvalue weighted by Crippen LogP contribution is -2.36. The van der Waals surface area contributed by atoms with E-state index in [2.05, 4.69) is 5.32 Å². The Balaban J connectivity index is 1.96. The van der Waals surface area contributed by atoms with Crippen LogP contribution < -0.4 is 21.5 Å². The topological polar surface area (TPSA) is 150 Å². The average Bonchev–Trinajstić information content (AvgIpc) is 2.96. The van der Waals surface area contributed by atoms with E-state index in [1.54, 1.807) is 11.8 Å². The summed E-state index contributed by atoms with van der Waals surface area (Å²) in [5, 5.41) is 13.7. The molecule has 11 nitrogen and oxygen atoms in total. The van der Waals surface area contributed by atoms with Crippen LogP contribution in [-0.2, 0) is 4.74 Å². The van der Waals surface area contributed by atoms with Crippen LogP contribution in [0, 0.1) is 17.0 Å². The first-order valence-electron chi connectivity index (χ1n) is 8.83. The summed E-state index contributed by atoms with van der Waals surface area (Å²) in [7, 11) is 0. The van der Waals surface area contributed by atoms with Crippen LogP contribution in [0.3, 0.4) is 0 Å². The molecular weight excluding hydrogens is 382 g/mol. The first-order valence-corrected chi connectivity index (χ1v) is 8.83. The number of rotatable bonds is 3. The Morgan fingerprint density at radius 3 is 2.45 bits per heavy atom. The summed E-state index contributed by atoms with van der Waals surface area (Å²) in [6.45, 7) is 3.35. The SMILES string of the molecule is Cc1cc([N+](=O)[O-])c(N2CCOCC2)cc1-n1c(N)c2c(cc1=O)C(=O)NC2=O. The van der Waals surface area contributed by atoms with Crippen molar-refractivity contribution >= 4 is 29.0 Å². The van der Waals surface area contributed by atoms with Crippen molar-refractivity contribution in [2.24, 2.45) is 0 Å². The molecule has 2 aliphatic heterocycles. The van der Waals surface area contributed by atoms with Gasteiger partial charge in [-0.25, -0.2) is 0 Å². The number of nitro groups is 1. The number of anilines is 2. The minimum atomic E-state index is -0.691. The second-order valence-electron chi connectivity index (χ2n) is 6.76. The normalized spacial score (nSPS) is 16.0. The number of morpholine rings is 1. The Hall–Kier alpha value is -3.73. The van der Waals surface area contributed by atoms with E-state index in [1.807, 2.05) is 0 Å². The van der Waals surface area contributed by atoms with E-state index in [-0.39, 0.29) is 22.6 Å². The number of carbonyl (C=O) groups excluding carboxylic acids is 2. The van der Waals surface area contributed by atoms with Gasteiger partial charge in [0.25, 0.3) is 23.1 Å². The highest BCUT2D eigenvalue weighted by molar-refractivity contribution is 6.23. The van der Waals surface area contributed by atoms with Crippen molar-refractivity contribution in [2.75, 3.05) is 36.9 Å². The van der Waals surface area contributed by atoms with Gasteiger partial charge in [-0.2, -0.15) is 0 Å². The Morgan fingerprint density at radius 1 is 1.10 bits per heavy atom. The Kier molecular flexibility index (Phi) is 4.31. The third-order valence-corrected chi connectivity index (χ3v) is 5.04. The quantitative estimate of drug-likeness (QED) is 0.427. The van der Waals surface area contributed by atoms with Gasteiger partial charge in [-0.05, 0) is 18.6 Å². The fraction of sp³-hybridized carbons (Fsp3) is 0.278. The number of pyridine rings is 1. The van der Waals surface area contributed by atoms with Crippen LogP contribution in [0.15, 0.2) is 23.0 Å². The first-order chi connectivity index (χ1) is 13.8. The summed E-state index contributed by atoms with van der Waals surface area (Å²) < 4.78 is 6.40. The maximum Gasteiger partial charge on any atom is 0.292 e. The number of benzene rings is 1. The van der Waals surface area contributed by atoms with Crippen LogP contribution in [0.25, 0.3) is 5.69 Å². The minimum absolute atomic E-state index is 0.0817. The molecule has 1 fully saturated rings. The molecule has 4 rings (SSSR count). The molecule has 0 radical (unpaired) electrons. The van der Waals surface area contributed by atoms with Crippen molar-refractivity contribution in [3.05, 3.63) is 55.4 Å². The summed E-state index contributed by atoms with van der Waals surface area (Å²) in [6, 6.07) is 3.92. The second kappa shape index (κ2) is 6.71. The fourth-order valence-electron chi connectivity index (χ4n) is 3.64. The van der Waals surface area contributed by atoms with Crippen LogP contribution in [0.5, 0.6) is 0 Å². The fourth-order valence-corrected chi connectivity index (χ4v) is 3.64. The lowest BCUT2D eigenvalue weighted by Gasteiger charge is -2.29. The van der Waals surface area contributed by atoms with Crippen molar-refractivity contribution < 1.29 is 19.2 Å². The van der Waals surface area contributed by atoms with Gasteiger partial charge in [0.2, 0.25) is 0 Å². The second-order valence-corrected chi connectivity index (χ2v) is 6.76. The Morgan fingerprint density at radius 2 is 1.79 bits per heavy atom. The number of nitrogen functional groups attached to an aromatic ring is 1. The maximum atomic E-state index is 12.7. The molecule has 2 aliphatic rings. The number of fused-ring (bicyclic) bond motifs is 1. The molecule has 1 aromatic carbocycles. The number of nitrogens with one attached hydrogen (secondary N) is 1. The van der Waals surface area contributed by atoms with Crippen LogP contribution in [0.2, 0.25) is 0 Å². The summed E-state index contributed by atoms with van der Waals surface area (Å²) in [6.07, 6.45) is 0. The number of hydrogen-bond acceptors (Lipinski definition) is 8. The van der Waals surface area contributed by atoms with Crippen LogP contribution in [-0.4, -0.2) is 47.6 Å². The van der Waals surface area contributed by atoms with Crippen LogP contribution in [0.4, 0.5) is 17.2 Å². The molecule has 3 heterocycles. The number of nitrogens with two attached hydrogens (primary N) is 1. The van der Waals surface area contributed by atoms with Gasteiger partial charge in [-0.15, -0.1) is 0 Å². The summed E-state index contributed by atoms with van der Waals surface area (Å²) in [4.78, 5) is 49.6. The highest BCUT2D eigenvalue weighted by Gasteiger charge is 2.33. The zero-order chi connectivity index (χ0) is 20.9. The van der Waals surface area contributed by atoms with Gasteiger partial charge in [0, 0.05) is 25.2 Å². The summed E-state index contributed by atoms with van der Waals surface area (Å²) in [5.41, 5.74) is 6.26. The summed E-state index contributed by atoms with van der Waals surface area (Å²) in [5.74, 6) is -1.57. The largest absolute Gasteiger partial charge is 0.384 e. The average molecular weight is 399 g/mol. The molecule has 0 saturated carbocycles. The molecule has 29 heavy (non-hydrogen) atoms. The zero-order valence-electron chi connectivity index (χ0n) is 15.4. The number of hydrogen-bond donors (Lipinski definition) is 2. The molecule has 1 saturated heterocycles. The molecule has 0 spiro atoms. The highest BCUT2D eigenvalue weighted by atomic mass is 16.6. The van der Waals surface area contributed by atoms with E-state index >= 15 is 0 Å². The first kappa shape index (κ1) is 18.6. The van der Waals surface area contributed by atoms with E-state index < -0.39 is 22.3 Å². The molecule has 2 amide bonds. The van der Waals surface area contributed by atoms with Crippen LogP contribution in [0.1, 0.15) is 26.3 Å². The molecular formula is C18H17N5O6. The standard InChI is InChI=1S/C18H17N5O6/c1-9-6-13(23(27)28)12(21-2-4-29-5-3-21)8-11(9)22-14(24)7-10-15(16(22)19)18(26)20-17(10)25/h6-8H,2-5,19H2,1H3,(H,20,25,26). The van der Waals surface area contributed by atoms with Gasteiger partial charge in [0.1, 0.15) is 11.5 Å². The molecule has 0 unspecified atom stereocenters. The third-order valence-electron chi connectivity index (χ3n) is 5.04. The van der Waals surface area contributed by atoms with Crippen molar-refractivity contribution in [1.82, 2.24) is 9.88 Å². The number of carbonyl (C=O) groups is 2. The van der Waals surface area contributed by atoms with Crippen molar-refractivity contribution in [3.8, 4) is 5.69 Å². The predicted octanol–water partition coefficient (Wildman–Crippen LogP) is 0.357. The van der Waals surface area contributed by atoms with Gasteiger partial charge in [-0.3, -0.25) is 34.4 Å². The van der Waals surface area contributed by atoms with Gasteiger partial charge >= 0.3 is 0 Å². The molecule has 2 aromatic rings. The van der Waals surface area contributed by atoms with E-state index in [4.69, 9.17) is 10.5 Å². The van der Waals surface area contributed by atoms with Crippen molar-refractivity contribution in [2.45, 2.75) is 6.92 Å². The Labute approximate surface area is 163 Å². The Bertz CT molecular complexity index is 1130. The number of ether oxygens (including phenoxy) is 1. The molecule has 11 heteroatoms. The predicted molar refractivity (Wildman–Crippen MR) is 103 cm³/mol. The van der Waals surface area contributed by atoms with Crippen LogP contribution >= 0.6 is 0 Å².